The monoisotopic (exact) mass is 253 g/mol. The van der Waals surface area contributed by atoms with Crippen molar-refractivity contribution in [1.82, 2.24) is 4.90 Å². The molecule has 1 aromatic carbocycles. The summed E-state index contributed by atoms with van der Waals surface area (Å²) in [5, 5.41) is 19.0. The number of likely N-dealkylation sites (tertiary alicyclic amines) is 1. The lowest BCUT2D eigenvalue weighted by Crippen LogP contribution is -2.45. The molecule has 18 heavy (non-hydrogen) atoms. The van der Waals surface area contributed by atoms with Gasteiger partial charge in [0.15, 0.2) is 0 Å². The van der Waals surface area contributed by atoms with E-state index in [-0.39, 0.29) is 18.3 Å². The number of hydrogen-bond acceptors (Lipinski definition) is 3. The van der Waals surface area contributed by atoms with Crippen LogP contribution in [0.1, 0.15) is 12.0 Å². The summed E-state index contributed by atoms with van der Waals surface area (Å²) in [6, 6.07) is 6.57. The summed E-state index contributed by atoms with van der Waals surface area (Å²) in [6.07, 6.45) is 1.21. The van der Waals surface area contributed by atoms with Crippen molar-refractivity contribution in [3.63, 3.8) is 0 Å². The number of aliphatic hydroxyl groups excluding tert-OH is 2. The molecule has 1 fully saturated rings. The van der Waals surface area contributed by atoms with Gasteiger partial charge in [-0.3, -0.25) is 4.90 Å². The van der Waals surface area contributed by atoms with E-state index in [1.165, 1.54) is 12.1 Å². The van der Waals surface area contributed by atoms with E-state index in [4.69, 9.17) is 5.11 Å². The minimum Gasteiger partial charge on any atom is -0.395 e. The van der Waals surface area contributed by atoms with Crippen LogP contribution in [-0.4, -0.2) is 47.5 Å². The highest BCUT2D eigenvalue weighted by atomic mass is 19.1. The van der Waals surface area contributed by atoms with Crippen molar-refractivity contribution >= 4 is 0 Å². The lowest BCUT2D eigenvalue weighted by molar-refractivity contribution is 0.0162. The summed E-state index contributed by atoms with van der Waals surface area (Å²) in [5.41, 5.74) is 0.939. The summed E-state index contributed by atoms with van der Waals surface area (Å²) in [6.45, 7) is 2.23. The second-order valence-electron chi connectivity index (χ2n) is 4.97. The zero-order chi connectivity index (χ0) is 13.0. The van der Waals surface area contributed by atoms with Gasteiger partial charge in [0, 0.05) is 13.1 Å². The molecular weight excluding hydrogens is 233 g/mol. The van der Waals surface area contributed by atoms with Crippen molar-refractivity contribution in [1.29, 1.82) is 0 Å². The van der Waals surface area contributed by atoms with E-state index in [1.54, 1.807) is 6.07 Å². The predicted molar refractivity (Wildman–Crippen MR) is 67.7 cm³/mol. The van der Waals surface area contributed by atoms with Crippen molar-refractivity contribution in [2.24, 2.45) is 5.92 Å². The second-order valence-corrected chi connectivity index (χ2v) is 4.97. The van der Waals surface area contributed by atoms with Gasteiger partial charge < -0.3 is 10.2 Å². The Balaban J connectivity index is 1.91. The normalized spacial score (nSPS) is 25.3. The van der Waals surface area contributed by atoms with Crippen LogP contribution >= 0.6 is 0 Å². The number of benzene rings is 1. The van der Waals surface area contributed by atoms with Crippen LogP contribution in [0, 0.1) is 11.7 Å². The Kier molecular flexibility index (Phi) is 4.69. The molecule has 2 rings (SSSR count). The van der Waals surface area contributed by atoms with Crippen molar-refractivity contribution in [3.8, 4) is 0 Å². The number of hydrogen-bond donors (Lipinski definition) is 2. The highest BCUT2D eigenvalue weighted by molar-refractivity contribution is 5.17. The molecule has 2 N–H and O–H groups in total. The zero-order valence-electron chi connectivity index (χ0n) is 10.4. The van der Waals surface area contributed by atoms with E-state index in [0.29, 0.717) is 19.5 Å². The van der Waals surface area contributed by atoms with Crippen molar-refractivity contribution < 1.29 is 14.6 Å². The van der Waals surface area contributed by atoms with E-state index < -0.39 is 6.10 Å². The molecule has 1 aliphatic heterocycles. The molecule has 3 nitrogen and oxygen atoms in total. The van der Waals surface area contributed by atoms with Crippen molar-refractivity contribution in [2.75, 3.05) is 26.2 Å². The summed E-state index contributed by atoms with van der Waals surface area (Å²) < 4.78 is 13.1. The number of piperidine rings is 1. The third kappa shape index (κ3) is 3.51. The first-order chi connectivity index (χ1) is 8.69. The van der Waals surface area contributed by atoms with Crippen LogP contribution < -0.4 is 0 Å². The van der Waals surface area contributed by atoms with Crippen LogP contribution in [0.4, 0.5) is 4.39 Å². The van der Waals surface area contributed by atoms with Gasteiger partial charge in [0.2, 0.25) is 0 Å². The number of aliphatic hydroxyl groups is 2. The SMILES string of the molecule is OCCN1CC[C@H](Cc2cccc(F)c2)[C@@H](O)C1. The molecule has 4 heteroatoms. The summed E-state index contributed by atoms with van der Waals surface area (Å²) in [5.74, 6) is -0.0403. The van der Waals surface area contributed by atoms with Gasteiger partial charge in [-0.1, -0.05) is 12.1 Å². The molecule has 0 aromatic heterocycles. The van der Waals surface area contributed by atoms with Crippen LogP contribution in [-0.2, 0) is 6.42 Å². The lowest BCUT2D eigenvalue weighted by atomic mass is 9.88. The average Bonchev–Trinajstić information content (AvgIpc) is 2.33. The van der Waals surface area contributed by atoms with Crippen molar-refractivity contribution in [2.45, 2.75) is 18.9 Å². The predicted octanol–water partition coefficient (Wildman–Crippen LogP) is 1.04. The first kappa shape index (κ1) is 13.5. The maximum Gasteiger partial charge on any atom is 0.123 e. The van der Waals surface area contributed by atoms with Crippen LogP contribution in [0.15, 0.2) is 24.3 Å². The van der Waals surface area contributed by atoms with E-state index in [0.717, 1.165) is 18.5 Å². The molecule has 0 aliphatic carbocycles. The standard InChI is InChI=1S/C14H20FNO2/c15-13-3-1-2-11(9-13)8-12-4-5-16(6-7-17)10-14(12)18/h1-3,9,12,14,17-18H,4-8,10H2/t12-,14+/m1/s1. The molecule has 0 saturated carbocycles. The molecule has 0 unspecified atom stereocenters. The van der Waals surface area contributed by atoms with Crippen molar-refractivity contribution in [3.05, 3.63) is 35.6 Å². The van der Waals surface area contributed by atoms with Gasteiger partial charge >= 0.3 is 0 Å². The van der Waals surface area contributed by atoms with Crippen LogP contribution in [0.25, 0.3) is 0 Å². The highest BCUT2D eigenvalue weighted by Crippen LogP contribution is 2.22. The highest BCUT2D eigenvalue weighted by Gasteiger charge is 2.27. The smallest absolute Gasteiger partial charge is 0.123 e. The third-order valence-corrected chi connectivity index (χ3v) is 3.61. The van der Waals surface area contributed by atoms with Gasteiger partial charge in [-0.05, 0) is 43.0 Å². The molecule has 1 aromatic rings. The van der Waals surface area contributed by atoms with Gasteiger partial charge in [0.1, 0.15) is 5.82 Å². The Morgan fingerprint density at radius 3 is 2.89 bits per heavy atom. The molecule has 100 valence electrons. The Hall–Kier alpha value is -0.970. The number of β-amino-alcohol motifs (C(OH)–C–C–N with tert-alkyl or cyclic N) is 2. The molecule has 0 radical (unpaired) electrons. The number of rotatable bonds is 4. The molecule has 1 saturated heterocycles. The summed E-state index contributed by atoms with van der Waals surface area (Å²) in [4.78, 5) is 2.06. The Morgan fingerprint density at radius 1 is 1.39 bits per heavy atom. The van der Waals surface area contributed by atoms with Gasteiger partial charge in [-0.15, -0.1) is 0 Å². The maximum absolute atomic E-state index is 13.1. The minimum absolute atomic E-state index is 0.126. The first-order valence-corrected chi connectivity index (χ1v) is 6.45. The van der Waals surface area contributed by atoms with Crippen LogP contribution in [0.3, 0.4) is 0 Å². The zero-order valence-corrected chi connectivity index (χ0v) is 10.4. The number of halogens is 1. The summed E-state index contributed by atoms with van der Waals surface area (Å²) >= 11 is 0. The fraction of sp³-hybridized carbons (Fsp3) is 0.571. The molecule has 0 bridgehead atoms. The molecule has 0 spiro atoms. The van der Waals surface area contributed by atoms with E-state index >= 15 is 0 Å². The molecule has 2 atom stereocenters. The van der Waals surface area contributed by atoms with Crippen LogP contribution in [0.5, 0.6) is 0 Å². The first-order valence-electron chi connectivity index (χ1n) is 6.45. The van der Waals surface area contributed by atoms with E-state index in [9.17, 15) is 9.50 Å². The van der Waals surface area contributed by atoms with Gasteiger partial charge in [-0.2, -0.15) is 0 Å². The molecular formula is C14H20FNO2. The molecule has 1 heterocycles. The molecule has 0 amide bonds. The van der Waals surface area contributed by atoms with Gasteiger partial charge in [-0.25, -0.2) is 4.39 Å². The fourth-order valence-electron chi connectivity index (χ4n) is 2.59. The van der Waals surface area contributed by atoms with E-state index in [2.05, 4.69) is 4.90 Å². The lowest BCUT2D eigenvalue weighted by Gasteiger charge is -2.35. The minimum atomic E-state index is -0.395. The largest absolute Gasteiger partial charge is 0.395 e. The van der Waals surface area contributed by atoms with Gasteiger partial charge in [0.05, 0.1) is 12.7 Å². The Labute approximate surface area is 107 Å². The maximum atomic E-state index is 13.1. The van der Waals surface area contributed by atoms with Crippen LogP contribution in [0.2, 0.25) is 0 Å². The quantitative estimate of drug-likeness (QED) is 0.843. The van der Waals surface area contributed by atoms with Gasteiger partial charge in [0.25, 0.3) is 0 Å². The average molecular weight is 253 g/mol. The summed E-state index contributed by atoms with van der Waals surface area (Å²) in [7, 11) is 0. The number of nitrogens with zero attached hydrogens (tertiary/aromatic N) is 1. The Bertz CT molecular complexity index is 386. The third-order valence-electron chi connectivity index (χ3n) is 3.61. The Morgan fingerprint density at radius 2 is 2.22 bits per heavy atom. The second kappa shape index (κ2) is 6.27. The topological polar surface area (TPSA) is 43.7 Å². The molecule has 1 aliphatic rings. The van der Waals surface area contributed by atoms with E-state index in [1.807, 2.05) is 6.07 Å². The fourth-order valence-corrected chi connectivity index (χ4v) is 2.59.